The van der Waals surface area contributed by atoms with Crippen LogP contribution in [0.5, 0.6) is 0 Å². The number of quaternary nitrogens is 1. The number of hydrogen-bond donors (Lipinski definition) is 0. The first-order chi connectivity index (χ1) is 8.62. The zero-order valence-corrected chi connectivity index (χ0v) is 16.1. The molecule has 0 radical (unpaired) electrons. The minimum atomic E-state index is 0. The maximum atomic E-state index is 2.38. The minimum absolute atomic E-state index is 0. The maximum Gasteiger partial charge on any atom is 0.125 e. The molecule has 3 heteroatoms. The molecule has 0 saturated carbocycles. The van der Waals surface area contributed by atoms with E-state index in [4.69, 9.17) is 0 Å². The molecule has 0 heterocycles. The van der Waals surface area contributed by atoms with E-state index in [0.29, 0.717) is 0 Å². The van der Waals surface area contributed by atoms with Crippen LogP contribution in [0, 0.1) is 0 Å². The van der Waals surface area contributed by atoms with Crippen molar-refractivity contribution in [3.05, 3.63) is 0 Å². The molecule has 0 fully saturated rings. The molecular formula is C16H36BrNS. The fraction of sp³-hybridized carbons (Fsp3) is 1.00. The van der Waals surface area contributed by atoms with Gasteiger partial charge in [0.25, 0.3) is 0 Å². The van der Waals surface area contributed by atoms with E-state index in [9.17, 15) is 0 Å². The number of nitrogens with zero attached hydrogens (tertiary/aromatic N) is 1. The van der Waals surface area contributed by atoms with Gasteiger partial charge in [-0.3, -0.25) is 0 Å². The van der Waals surface area contributed by atoms with Gasteiger partial charge in [-0.05, 0) is 25.0 Å². The Morgan fingerprint density at radius 3 is 1.79 bits per heavy atom. The lowest BCUT2D eigenvalue weighted by molar-refractivity contribution is -0.877. The molecule has 0 aromatic heterocycles. The van der Waals surface area contributed by atoms with Crippen LogP contribution in [-0.4, -0.2) is 36.8 Å². The Morgan fingerprint density at radius 1 is 0.737 bits per heavy atom. The zero-order valence-electron chi connectivity index (χ0n) is 13.7. The molecule has 0 rings (SSSR count). The SMILES string of the molecule is CCCCCCCCCC[N+](C)(C)CSCCC.[Br-]. The molecule has 118 valence electrons. The quantitative estimate of drug-likeness (QED) is 0.278. The fourth-order valence-corrected chi connectivity index (χ4v) is 3.24. The van der Waals surface area contributed by atoms with Crippen molar-refractivity contribution in [3.63, 3.8) is 0 Å². The molecule has 0 aromatic rings. The fourth-order valence-electron chi connectivity index (χ4n) is 2.19. The molecule has 0 saturated heterocycles. The van der Waals surface area contributed by atoms with Crippen molar-refractivity contribution in [2.24, 2.45) is 0 Å². The van der Waals surface area contributed by atoms with E-state index < -0.39 is 0 Å². The average Bonchev–Trinajstić information content (AvgIpc) is 2.33. The van der Waals surface area contributed by atoms with Crippen molar-refractivity contribution in [3.8, 4) is 0 Å². The van der Waals surface area contributed by atoms with Crippen LogP contribution < -0.4 is 17.0 Å². The van der Waals surface area contributed by atoms with Crippen LogP contribution in [0.15, 0.2) is 0 Å². The summed E-state index contributed by atoms with van der Waals surface area (Å²) in [5.74, 6) is 2.60. The number of halogens is 1. The summed E-state index contributed by atoms with van der Waals surface area (Å²) in [6, 6.07) is 0. The average molecular weight is 354 g/mol. The minimum Gasteiger partial charge on any atom is -1.00 e. The van der Waals surface area contributed by atoms with Gasteiger partial charge in [0, 0.05) is 0 Å². The molecule has 0 atom stereocenters. The van der Waals surface area contributed by atoms with Crippen molar-refractivity contribution in [2.45, 2.75) is 71.6 Å². The summed E-state index contributed by atoms with van der Waals surface area (Å²) in [4.78, 5) is 0. The largest absolute Gasteiger partial charge is 1.00 e. The second kappa shape index (κ2) is 15.2. The monoisotopic (exact) mass is 353 g/mol. The Morgan fingerprint density at radius 2 is 1.26 bits per heavy atom. The van der Waals surface area contributed by atoms with Crippen LogP contribution in [0.4, 0.5) is 0 Å². The molecule has 0 amide bonds. The number of unbranched alkanes of at least 4 members (excludes halogenated alkanes) is 7. The van der Waals surface area contributed by atoms with Gasteiger partial charge in [-0.1, -0.05) is 52.4 Å². The van der Waals surface area contributed by atoms with E-state index >= 15 is 0 Å². The Labute approximate surface area is 137 Å². The third kappa shape index (κ3) is 16.7. The molecular weight excluding hydrogens is 318 g/mol. The van der Waals surface area contributed by atoms with Crippen LogP contribution >= 0.6 is 11.8 Å². The Balaban J connectivity index is 0. The Hall–Kier alpha value is 0.790. The van der Waals surface area contributed by atoms with E-state index in [1.54, 1.807) is 0 Å². The lowest BCUT2D eigenvalue weighted by Crippen LogP contribution is -3.00. The van der Waals surface area contributed by atoms with E-state index in [2.05, 4.69) is 39.7 Å². The van der Waals surface area contributed by atoms with Crippen molar-refractivity contribution < 1.29 is 21.5 Å². The summed E-state index contributed by atoms with van der Waals surface area (Å²) in [5, 5.41) is 0. The highest BCUT2D eigenvalue weighted by Crippen LogP contribution is 2.13. The first kappa shape index (κ1) is 22.1. The van der Waals surface area contributed by atoms with Crippen LogP contribution in [0.25, 0.3) is 0 Å². The van der Waals surface area contributed by atoms with Crippen molar-refractivity contribution >= 4 is 11.8 Å². The predicted molar refractivity (Wildman–Crippen MR) is 87.2 cm³/mol. The highest BCUT2D eigenvalue weighted by atomic mass is 79.9. The van der Waals surface area contributed by atoms with Gasteiger partial charge in [0.05, 0.1) is 20.6 Å². The zero-order chi connectivity index (χ0) is 13.7. The molecule has 0 aliphatic carbocycles. The molecule has 0 unspecified atom stereocenters. The van der Waals surface area contributed by atoms with Gasteiger partial charge in [0.1, 0.15) is 5.88 Å². The Bertz CT molecular complexity index is 174. The summed E-state index contributed by atoms with van der Waals surface area (Å²) in [5.41, 5.74) is 0. The van der Waals surface area contributed by atoms with Crippen LogP contribution in [0.1, 0.15) is 71.6 Å². The summed E-state index contributed by atoms with van der Waals surface area (Å²) in [6.07, 6.45) is 12.8. The molecule has 0 aromatic carbocycles. The lowest BCUT2D eigenvalue weighted by Gasteiger charge is -2.29. The van der Waals surface area contributed by atoms with E-state index in [1.807, 2.05) is 0 Å². The van der Waals surface area contributed by atoms with Gasteiger partial charge < -0.3 is 21.5 Å². The van der Waals surface area contributed by atoms with Crippen molar-refractivity contribution in [1.29, 1.82) is 0 Å². The molecule has 0 N–H and O–H groups in total. The molecule has 0 bridgehead atoms. The summed E-state index contributed by atoms with van der Waals surface area (Å²) < 4.78 is 1.19. The number of hydrogen-bond acceptors (Lipinski definition) is 1. The third-order valence-corrected chi connectivity index (χ3v) is 4.98. The van der Waals surface area contributed by atoms with Crippen LogP contribution in [0.3, 0.4) is 0 Å². The molecule has 19 heavy (non-hydrogen) atoms. The topological polar surface area (TPSA) is 0 Å². The summed E-state index contributed by atoms with van der Waals surface area (Å²) >= 11 is 2.11. The second-order valence-electron chi connectivity index (χ2n) is 6.17. The van der Waals surface area contributed by atoms with Crippen LogP contribution in [-0.2, 0) is 0 Å². The first-order valence-electron chi connectivity index (χ1n) is 8.02. The van der Waals surface area contributed by atoms with Gasteiger partial charge in [-0.25, -0.2) is 0 Å². The molecule has 1 nitrogen and oxygen atoms in total. The van der Waals surface area contributed by atoms with Gasteiger partial charge >= 0.3 is 0 Å². The standard InChI is InChI=1S/C16H36NS.BrH/c1-5-7-8-9-10-11-12-13-14-17(3,4)16-18-15-6-2;/h5-16H2,1-4H3;1H/q+1;/p-1. The first-order valence-corrected chi connectivity index (χ1v) is 9.17. The van der Waals surface area contributed by atoms with Crippen molar-refractivity contribution in [2.75, 3.05) is 32.3 Å². The smallest absolute Gasteiger partial charge is 0.125 e. The second-order valence-corrected chi connectivity index (χ2v) is 7.25. The van der Waals surface area contributed by atoms with Gasteiger partial charge in [0.2, 0.25) is 0 Å². The lowest BCUT2D eigenvalue weighted by atomic mass is 10.1. The summed E-state index contributed by atoms with van der Waals surface area (Å²) in [7, 11) is 4.76. The third-order valence-electron chi connectivity index (χ3n) is 3.41. The molecule has 0 aliphatic rings. The maximum absolute atomic E-state index is 2.38. The van der Waals surface area contributed by atoms with Gasteiger partial charge in [-0.2, -0.15) is 0 Å². The summed E-state index contributed by atoms with van der Waals surface area (Å²) in [6.45, 7) is 5.91. The Kier molecular flexibility index (Phi) is 17.6. The van der Waals surface area contributed by atoms with Crippen LogP contribution in [0.2, 0.25) is 0 Å². The molecule has 0 spiro atoms. The van der Waals surface area contributed by atoms with E-state index in [1.165, 1.54) is 80.4 Å². The molecule has 0 aliphatic heterocycles. The van der Waals surface area contributed by atoms with E-state index in [-0.39, 0.29) is 17.0 Å². The predicted octanol–water partition coefficient (Wildman–Crippen LogP) is 2.31. The number of thioether (sulfide) groups is 1. The van der Waals surface area contributed by atoms with Gasteiger partial charge in [-0.15, -0.1) is 11.8 Å². The highest BCUT2D eigenvalue weighted by molar-refractivity contribution is 7.99. The highest BCUT2D eigenvalue weighted by Gasteiger charge is 2.13. The van der Waals surface area contributed by atoms with Crippen molar-refractivity contribution in [1.82, 2.24) is 0 Å². The van der Waals surface area contributed by atoms with E-state index in [0.717, 1.165) is 0 Å². The number of rotatable bonds is 13. The van der Waals surface area contributed by atoms with Gasteiger partial charge in [0.15, 0.2) is 0 Å². The normalized spacial score (nSPS) is 11.4.